The number of nitrogens with zero attached hydrogens (tertiary/aromatic N) is 3. The van der Waals surface area contributed by atoms with Crippen molar-refractivity contribution in [1.29, 1.82) is 0 Å². The smallest absolute Gasteiger partial charge is 0.354 e. The summed E-state index contributed by atoms with van der Waals surface area (Å²) in [4.78, 5) is 22.4. The highest BCUT2D eigenvalue weighted by Crippen LogP contribution is 2.13. The Morgan fingerprint density at radius 2 is 2.27 bits per heavy atom. The minimum atomic E-state index is -1.10. The zero-order valence-corrected chi connectivity index (χ0v) is 7.84. The van der Waals surface area contributed by atoms with Crippen LogP contribution in [0.5, 0.6) is 0 Å². The molecule has 0 aliphatic rings. The molecule has 0 unspecified atom stereocenters. The second-order valence-electron chi connectivity index (χ2n) is 2.82. The van der Waals surface area contributed by atoms with Gasteiger partial charge in [0.05, 0.1) is 0 Å². The van der Waals surface area contributed by atoms with Crippen LogP contribution < -0.4 is 0 Å². The Bertz CT molecular complexity index is 507. The lowest BCUT2D eigenvalue weighted by Crippen LogP contribution is -2.02. The summed E-state index contributed by atoms with van der Waals surface area (Å²) in [5, 5.41) is 8.73. The van der Waals surface area contributed by atoms with Crippen LogP contribution in [0.15, 0.2) is 22.9 Å². The summed E-state index contributed by atoms with van der Waals surface area (Å²) < 4.78 is 4.98. The molecule has 2 heterocycles. The second-order valence-corrected chi connectivity index (χ2v) is 2.82. The number of carboxylic acids is 1. The first-order valence-corrected chi connectivity index (χ1v) is 4.15. The molecule has 0 aliphatic carbocycles. The van der Waals surface area contributed by atoms with Crippen molar-refractivity contribution in [2.24, 2.45) is 0 Å². The second kappa shape index (κ2) is 3.49. The van der Waals surface area contributed by atoms with Crippen molar-refractivity contribution in [3.05, 3.63) is 30.1 Å². The zero-order valence-electron chi connectivity index (χ0n) is 7.84. The molecule has 0 bridgehead atoms. The van der Waals surface area contributed by atoms with E-state index in [-0.39, 0.29) is 11.5 Å². The number of aromatic carboxylic acids is 1. The normalized spacial score (nSPS) is 10.2. The van der Waals surface area contributed by atoms with Crippen LogP contribution in [0.4, 0.5) is 0 Å². The van der Waals surface area contributed by atoms with Gasteiger partial charge in [-0.05, 0) is 6.07 Å². The molecule has 0 atom stereocenters. The van der Waals surface area contributed by atoms with E-state index in [1.54, 1.807) is 6.92 Å². The summed E-state index contributed by atoms with van der Waals surface area (Å²) in [6, 6.07) is 1.32. The fraction of sp³-hybridized carbons (Fsp3) is 0.111. The Labute approximate surface area is 84.6 Å². The number of hydrogen-bond donors (Lipinski definition) is 1. The number of carbonyl (C=O) groups is 1. The van der Waals surface area contributed by atoms with Gasteiger partial charge in [0, 0.05) is 13.1 Å². The minimum absolute atomic E-state index is 0.0688. The van der Waals surface area contributed by atoms with Crippen LogP contribution in [0, 0.1) is 6.92 Å². The molecule has 0 amide bonds. The van der Waals surface area contributed by atoms with Crippen LogP contribution in [-0.2, 0) is 0 Å². The quantitative estimate of drug-likeness (QED) is 0.790. The molecular formula is C9H7N3O3. The van der Waals surface area contributed by atoms with Gasteiger partial charge in [-0.2, -0.15) is 0 Å². The van der Waals surface area contributed by atoms with Crippen molar-refractivity contribution in [2.45, 2.75) is 6.92 Å². The maximum atomic E-state index is 10.7. The van der Waals surface area contributed by atoms with Crippen LogP contribution in [0.25, 0.3) is 11.5 Å². The molecule has 2 aromatic rings. The minimum Gasteiger partial charge on any atom is -0.477 e. The van der Waals surface area contributed by atoms with Crippen molar-refractivity contribution >= 4 is 5.97 Å². The molecule has 76 valence electrons. The topological polar surface area (TPSA) is 89.1 Å². The molecule has 0 spiro atoms. The monoisotopic (exact) mass is 205 g/mol. The molecule has 6 heteroatoms. The highest BCUT2D eigenvalue weighted by Gasteiger charge is 2.10. The summed E-state index contributed by atoms with van der Waals surface area (Å²) >= 11 is 0. The first-order chi connectivity index (χ1) is 7.16. The fourth-order valence-corrected chi connectivity index (χ4v) is 1.07. The molecular weight excluding hydrogens is 198 g/mol. The summed E-state index contributed by atoms with van der Waals surface area (Å²) in [5.74, 6) is -0.375. The van der Waals surface area contributed by atoms with E-state index in [1.165, 1.54) is 18.5 Å². The highest BCUT2D eigenvalue weighted by atomic mass is 16.4. The van der Waals surface area contributed by atoms with E-state index in [0.29, 0.717) is 11.6 Å². The summed E-state index contributed by atoms with van der Waals surface area (Å²) in [5.41, 5.74) is 0.358. The van der Waals surface area contributed by atoms with Gasteiger partial charge in [-0.1, -0.05) is 0 Å². The molecule has 0 radical (unpaired) electrons. The van der Waals surface area contributed by atoms with E-state index in [1.807, 2.05) is 0 Å². The van der Waals surface area contributed by atoms with Crippen molar-refractivity contribution in [3.8, 4) is 11.5 Å². The first-order valence-electron chi connectivity index (χ1n) is 4.15. The van der Waals surface area contributed by atoms with Gasteiger partial charge in [-0.25, -0.2) is 19.7 Å². The van der Waals surface area contributed by atoms with Crippen LogP contribution in [0.3, 0.4) is 0 Å². The molecule has 0 aromatic carbocycles. The number of aryl methyl sites for hydroxylation is 1. The fourth-order valence-electron chi connectivity index (χ4n) is 1.07. The highest BCUT2D eigenvalue weighted by molar-refractivity contribution is 5.85. The lowest BCUT2D eigenvalue weighted by Gasteiger charge is -1.95. The van der Waals surface area contributed by atoms with Gasteiger partial charge >= 0.3 is 5.97 Å². The maximum Gasteiger partial charge on any atom is 0.354 e. The van der Waals surface area contributed by atoms with Crippen molar-refractivity contribution in [2.75, 3.05) is 0 Å². The lowest BCUT2D eigenvalue weighted by atomic mass is 10.4. The van der Waals surface area contributed by atoms with Gasteiger partial charge in [-0.15, -0.1) is 0 Å². The van der Waals surface area contributed by atoms with E-state index in [2.05, 4.69) is 15.0 Å². The zero-order chi connectivity index (χ0) is 10.8. The summed E-state index contributed by atoms with van der Waals surface area (Å²) in [6.07, 6.45) is 2.76. The van der Waals surface area contributed by atoms with Crippen LogP contribution >= 0.6 is 0 Å². The van der Waals surface area contributed by atoms with E-state index < -0.39 is 5.97 Å². The van der Waals surface area contributed by atoms with Gasteiger partial charge in [0.15, 0.2) is 17.4 Å². The molecule has 2 aromatic heterocycles. The molecule has 6 nitrogen and oxygen atoms in total. The van der Waals surface area contributed by atoms with Gasteiger partial charge < -0.3 is 9.52 Å². The number of carboxylic acid groups (broad SMARTS) is 1. The Morgan fingerprint density at radius 3 is 2.87 bits per heavy atom. The summed E-state index contributed by atoms with van der Waals surface area (Å²) in [6.45, 7) is 1.69. The van der Waals surface area contributed by atoms with Gasteiger partial charge in [0.25, 0.3) is 0 Å². The van der Waals surface area contributed by atoms with Crippen LogP contribution in [-0.4, -0.2) is 26.0 Å². The van der Waals surface area contributed by atoms with E-state index in [4.69, 9.17) is 9.52 Å². The maximum absolute atomic E-state index is 10.7. The third kappa shape index (κ3) is 1.83. The third-order valence-electron chi connectivity index (χ3n) is 1.72. The molecule has 0 saturated carbocycles. The number of aromatic nitrogens is 3. The molecule has 2 rings (SSSR count). The Kier molecular flexibility index (Phi) is 2.17. The van der Waals surface area contributed by atoms with E-state index in [9.17, 15) is 4.79 Å². The predicted octanol–water partition coefficient (Wildman–Crippen LogP) is 1.14. The predicted molar refractivity (Wildman–Crippen MR) is 49.2 cm³/mol. The van der Waals surface area contributed by atoms with Crippen molar-refractivity contribution in [3.63, 3.8) is 0 Å². The standard InChI is InChI=1S/C9H7N3O3/c1-5-11-7(4-15-5)8-10-3-2-6(12-8)9(13)14/h2-4H,1H3,(H,13,14). The van der Waals surface area contributed by atoms with E-state index >= 15 is 0 Å². The van der Waals surface area contributed by atoms with Crippen LogP contribution in [0.1, 0.15) is 16.4 Å². The molecule has 0 aliphatic heterocycles. The SMILES string of the molecule is Cc1nc(-c2nccc(C(=O)O)n2)co1. The largest absolute Gasteiger partial charge is 0.477 e. The van der Waals surface area contributed by atoms with Crippen molar-refractivity contribution in [1.82, 2.24) is 15.0 Å². The number of hydrogen-bond acceptors (Lipinski definition) is 5. The number of rotatable bonds is 2. The average molecular weight is 205 g/mol. The molecule has 15 heavy (non-hydrogen) atoms. The first kappa shape index (κ1) is 9.32. The molecule has 0 saturated heterocycles. The number of oxazole rings is 1. The lowest BCUT2D eigenvalue weighted by molar-refractivity contribution is 0.0690. The van der Waals surface area contributed by atoms with Gasteiger partial charge in [-0.3, -0.25) is 0 Å². The van der Waals surface area contributed by atoms with E-state index in [0.717, 1.165) is 0 Å². The molecule has 0 fully saturated rings. The van der Waals surface area contributed by atoms with Crippen molar-refractivity contribution < 1.29 is 14.3 Å². The average Bonchev–Trinajstić information content (AvgIpc) is 2.65. The summed E-state index contributed by atoms with van der Waals surface area (Å²) in [7, 11) is 0. The Balaban J connectivity index is 2.45. The Morgan fingerprint density at radius 1 is 1.47 bits per heavy atom. The van der Waals surface area contributed by atoms with Gasteiger partial charge in [0.1, 0.15) is 12.0 Å². The Hall–Kier alpha value is -2.24. The molecule has 1 N–H and O–H groups in total. The van der Waals surface area contributed by atoms with Gasteiger partial charge in [0.2, 0.25) is 0 Å². The third-order valence-corrected chi connectivity index (χ3v) is 1.72. The van der Waals surface area contributed by atoms with Crippen LogP contribution in [0.2, 0.25) is 0 Å².